The Balaban J connectivity index is 1.74. The van der Waals surface area contributed by atoms with Gasteiger partial charge in [0, 0.05) is 13.7 Å². The number of para-hydroxylation sites is 2. The standard InChI is InChI=1S/C14H17N3O/c1-18-14(7-4-8-14)10-16-13-9-15-11-5-2-3-6-12(11)17-13/h2-3,5-6,9H,4,7-8,10H2,1H3,(H,16,17). The van der Waals surface area contributed by atoms with Gasteiger partial charge in [-0.15, -0.1) is 0 Å². The molecule has 0 atom stereocenters. The molecule has 1 N–H and O–H groups in total. The van der Waals surface area contributed by atoms with Crippen molar-refractivity contribution >= 4 is 16.9 Å². The summed E-state index contributed by atoms with van der Waals surface area (Å²) < 4.78 is 5.57. The van der Waals surface area contributed by atoms with Gasteiger partial charge in [0.1, 0.15) is 5.82 Å². The fourth-order valence-corrected chi connectivity index (χ4v) is 2.32. The van der Waals surface area contributed by atoms with Crippen LogP contribution in [0.1, 0.15) is 19.3 Å². The van der Waals surface area contributed by atoms with Gasteiger partial charge in [0.15, 0.2) is 0 Å². The minimum absolute atomic E-state index is 0.00727. The van der Waals surface area contributed by atoms with Crippen LogP contribution in [0, 0.1) is 0 Å². The summed E-state index contributed by atoms with van der Waals surface area (Å²) in [6.45, 7) is 0.802. The van der Waals surface area contributed by atoms with Crippen LogP contribution in [0.25, 0.3) is 11.0 Å². The van der Waals surface area contributed by atoms with Crippen LogP contribution in [0.15, 0.2) is 30.5 Å². The van der Waals surface area contributed by atoms with Crippen LogP contribution in [0.2, 0.25) is 0 Å². The number of benzene rings is 1. The summed E-state index contributed by atoms with van der Waals surface area (Å²) in [6.07, 6.45) is 5.28. The number of hydrogen-bond donors (Lipinski definition) is 1. The van der Waals surface area contributed by atoms with E-state index in [9.17, 15) is 0 Å². The number of nitrogens with zero attached hydrogens (tertiary/aromatic N) is 2. The lowest BCUT2D eigenvalue weighted by molar-refractivity contribution is -0.0601. The van der Waals surface area contributed by atoms with Crippen molar-refractivity contribution in [2.24, 2.45) is 0 Å². The molecule has 0 bridgehead atoms. The summed E-state index contributed by atoms with van der Waals surface area (Å²) >= 11 is 0. The van der Waals surface area contributed by atoms with Crippen molar-refractivity contribution in [3.8, 4) is 0 Å². The second-order valence-electron chi connectivity index (χ2n) is 4.84. The molecule has 1 aromatic carbocycles. The molecule has 1 aromatic heterocycles. The van der Waals surface area contributed by atoms with E-state index in [4.69, 9.17) is 4.74 Å². The molecule has 0 spiro atoms. The van der Waals surface area contributed by atoms with Crippen LogP contribution in [0.4, 0.5) is 5.82 Å². The molecule has 4 nitrogen and oxygen atoms in total. The molecule has 18 heavy (non-hydrogen) atoms. The van der Waals surface area contributed by atoms with E-state index in [1.807, 2.05) is 24.3 Å². The van der Waals surface area contributed by atoms with Gasteiger partial charge in [-0.3, -0.25) is 4.98 Å². The Kier molecular flexibility index (Phi) is 2.88. The number of ether oxygens (including phenoxy) is 1. The highest BCUT2D eigenvalue weighted by Crippen LogP contribution is 2.34. The van der Waals surface area contributed by atoms with Crippen LogP contribution >= 0.6 is 0 Å². The van der Waals surface area contributed by atoms with Gasteiger partial charge in [-0.25, -0.2) is 4.98 Å². The van der Waals surface area contributed by atoms with Crippen LogP contribution in [0.5, 0.6) is 0 Å². The monoisotopic (exact) mass is 243 g/mol. The van der Waals surface area contributed by atoms with Gasteiger partial charge in [-0.2, -0.15) is 0 Å². The molecule has 0 aliphatic heterocycles. The second-order valence-corrected chi connectivity index (χ2v) is 4.84. The lowest BCUT2D eigenvalue weighted by Gasteiger charge is -2.40. The highest BCUT2D eigenvalue weighted by molar-refractivity contribution is 5.75. The molecule has 0 unspecified atom stereocenters. The van der Waals surface area contributed by atoms with Gasteiger partial charge >= 0.3 is 0 Å². The minimum Gasteiger partial charge on any atom is -0.376 e. The topological polar surface area (TPSA) is 47.0 Å². The first-order chi connectivity index (χ1) is 8.81. The third-order valence-corrected chi connectivity index (χ3v) is 3.74. The van der Waals surface area contributed by atoms with Gasteiger partial charge in [-0.1, -0.05) is 12.1 Å². The lowest BCUT2D eigenvalue weighted by atomic mass is 9.80. The molecule has 1 fully saturated rings. The van der Waals surface area contributed by atoms with Gasteiger partial charge in [0.05, 0.1) is 22.8 Å². The first kappa shape index (κ1) is 11.4. The first-order valence-electron chi connectivity index (χ1n) is 6.32. The Bertz CT molecular complexity index is 546. The quantitative estimate of drug-likeness (QED) is 0.896. The smallest absolute Gasteiger partial charge is 0.145 e. The third-order valence-electron chi connectivity index (χ3n) is 3.74. The number of hydrogen-bond acceptors (Lipinski definition) is 4. The number of fused-ring (bicyclic) bond motifs is 1. The summed E-state index contributed by atoms with van der Waals surface area (Å²) in [5.74, 6) is 0.817. The Labute approximate surface area is 106 Å². The van der Waals surface area contributed by atoms with E-state index in [-0.39, 0.29) is 5.60 Å². The maximum atomic E-state index is 5.57. The van der Waals surface area contributed by atoms with Crippen LogP contribution in [0.3, 0.4) is 0 Å². The van der Waals surface area contributed by atoms with E-state index in [0.29, 0.717) is 0 Å². The number of methoxy groups -OCH3 is 1. The number of aromatic nitrogens is 2. The van der Waals surface area contributed by atoms with Gasteiger partial charge < -0.3 is 10.1 Å². The molecule has 4 heteroatoms. The average molecular weight is 243 g/mol. The Morgan fingerprint density at radius 1 is 1.28 bits per heavy atom. The fraction of sp³-hybridized carbons (Fsp3) is 0.429. The molecule has 1 aliphatic rings. The highest BCUT2D eigenvalue weighted by Gasteiger charge is 2.36. The van der Waals surface area contributed by atoms with Gasteiger partial charge in [-0.05, 0) is 31.4 Å². The summed E-state index contributed by atoms with van der Waals surface area (Å²) in [5.41, 5.74) is 1.85. The first-order valence-corrected chi connectivity index (χ1v) is 6.32. The van der Waals surface area contributed by atoms with E-state index in [1.165, 1.54) is 6.42 Å². The molecule has 1 aliphatic carbocycles. The Hall–Kier alpha value is -1.68. The molecule has 0 saturated heterocycles. The summed E-state index contributed by atoms with van der Waals surface area (Å²) in [7, 11) is 1.78. The number of nitrogens with one attached hydrogen (secondary N) is 1. The zero-order valence-electron chi connectivity index (χ0n) is 10.5. The van der Waals surface area contributed by atoms with Crippen molar-refractivity contribution in [2.45, 2.75) is 24.9 Å². The summed E-state index contributed by atoms with van der Waals surface area (Å²) in [6, 6.07) is 7.89. The predicted molar refractivity (Wildman–Crippen MR) is 71.6 cm³/mol. The van der Waals surface area contributed by atoms with Gasteiger partial charge in [0.2, 0.25) is 0 Å². The number of rotatable bonds is 4. The zero-order valence-corrected chi connectivity index (χ0v) is 10.5. The molecule has 0 amide bonds. The largest absolute Gasteiger partial charge is 0.376 e. The van der Waals surface area contributed by atoms with Crippen molar-refractivity contribution in [2.75, 3.05) is 19.0 Å². The normalized spacial score (nSPS) is 17.4. The minimum atomic E-state index is 0.00727. The SMILES string of the molecule is COC1(CNc2cnc3ccccc3n2)CCC1. The predicted octanol–water partition coefficient (Wildman–Crippen LogP) is 2.61. The molecule has 94 valence electrons. The molecular formula is C14H17N3O. The average Bonchev–Trinajstić information content (AvgIpc) is 2.38. The van der Waals surface area contributed by atoms with E-state index in [0.717, 1.165) is 36.2 Å². The molecular weight excluding hydrogens is 226 g/mol. The molecule has 1 heterocycles. The lowest BCUT2D eigenvalue weighted by Crippen LogP contribution is -2.45. The van der Waals surface area contributed by atoms with E-state index < -0.39 is 0 Å². The maximum absolute atomic E-state index is 5.57. The number of anilines is 1. The second kappa shape index (κ2) is 4.53. The van der Waals surface area contributed by atoms with Crippen molar-refractivity contribution in [3.05, 3.63) is 30.5 Å². The molecule has 3 rings (SSSR count). The van der Waals surface area contributed by atoms with Crippen LogP contribution in [-0.4, -0.2) is 29.2 Å². The molecule has 1 saturated carbocycles. The van der Waals surface area contributed by atoms with Crippen molar-refractivity contribution in [1.82, 2.24) is 9.97 Å². The van der Waals surface area contributed by atoms with Crippen molar-refractivity contribution in [1.29, 1.82) is 0 Å². The molecule has 2 aromatic rings. The molecule has 0 radical (unpaired) electrons. The van der Waals surface area contributed by atoms with E-state index >= 15 is 0 Å². The Morgan fingerprint density at radius 2 is 2.06 bits per heavy atom. The third kappa shape index (κ3) is 2.04. The summed E-state index contributed by atoms with van der Waals surface area (Å²) in [4.78, 5) is 8.93. The van der Waals surface area contributed by atoms with Crippen molar-refractivity contribution < 1.29 is 4.74 Å². The Morgan fingerprint density at radius 3 is 2.72 bits per heavy atom. The van der Waals surface area contributed by atoms with E-state index in [2.05, 4.69) is 15.3 Å². The van der Waals surface area contributed by atoms with Crippen molar-refractivity contribution in [3.63, 3.8) is 0 Å². The fourth-order valence-electron chi connectivity index (χ4n) is 2.32. The summed E-state index contributed by atoms with van der Waals surface area (Å²) in [5, 5.41) is 3.33. The van der Waals surface area contributed by atoms with Gasteiger partial charge in [0.25, 0.3) is 0 Å². The van der Waals surface area contributed by atoms with Crippen LogP contribution in [-0.2, 0) is 4.74 Å². The maximum Gasteiger partial charge on any atom is 0.145 e. The zero-order chi connectivity index (χ0) is 12.4. The highest BCUT2D eigenvalue weighted by atomic mass is 16.5. The van der Waals surface area contributed by atoms with E-state index in [1.54, 1.807) is 13.3 Å². The van der Waals surface area contributed by atoms with Crippen LogP contribution < -0.4 is 5.32 Å².